The molecule has 0 spiro atoms. The van der Waals surface area contributed by atoms with Crippen LogP contribution < -0.4 is 0 Å². The minimum atomic E-state index is 0.587. The van der Waals surface area contributed by atoms with E-state index in [0.29, 0.717) is 5.92 Å². The second kappa shape index (κ2) is 3.93. The highest BCUT2D eigenvalue weighted by Gasteiger charge is 2.09. The van der Waals surface area contributed by atoms with E-state index in [9.17, 15) is 0 Å². The molecule has 0 aromatic heterocycles. The minimum Gasteiger partial charge on any atom is -0.0587 e. The summed E-state index contributed by atoms with van der Waals surface area (Å²) in [4.78, 5) is 0. The molecule has 0 fully saturated rings. The highest BCUT2D eigenvalue weighted by atomic mass is 14.1. The number of benzene rings is 2. The summed E-state index contributed by atoms with van der Waals surface area (Å²) in [5, 5.41) is 2.84. The average molecular weight is 212 g/mol. The minimum absolute atomic E-state index is 0.587. The lowest BCUT2D eigenvalue weighted by molar-refractivity contribution is 0.874. The van der Waals surface area contributed by atoms with Crippen LogP contribution in [0.2, 0.25) is 0 Å². The molecule has 2 aromatic rings. The maximum absolute atomic E-state index is 2.35. The molecule has 16 heavy (non-hydrogen) atoms. The van der Waals surface area contributed by atoms with E-state index in [-0.39, 0.29) is 0 Å². The molecule has 0 radical (unpaired) electrons. The van der Waals surface area contributed by atoms with Crippen molar-refractivity contribution in [1.82, 2.24) is 0 Å². The van der Waals surface area contributed by atoms with Crippen LogP contribution in [0.5, 0.6) is 0 Å². The van der Waals surface area contributed by atoms with Crippen LogP contribution in [0.1, 0.15) is 42.0 Å². The molecule has 0 heterocycles. The molecule has 0 atom stereocenters. The molecule has 0 nitrogen and oxygen atoms in total. The zero-order chi connectivity index (χ0) is 11.9. The highest BCUT2D eigenvalue weighted by molar-refractivity contribution is 5.90. The van der Waals surface area contributed by atoms with Crippen LogP contribution in [-0.4, -0.2) is 0 Å². The molecule has 2 aromatic carbocycles. The van der Waals surface area contributed by atoms with E-state index in [1.165, 1.54) is 33.0 Å². The summed E-state index contributed by atoms with van der Waals surface area (Å²) in [6, 6.07) is 9.14. The third-order valence-electron chi connectivity index (χ3n) is 3.48. The Bertz CT molecular complexity index is 533. The van der Waals surface area contributed by atoms with Gasteiger partial charge in [-0.05, 0) is 54.2 Å². The lowest BCUT2D eigenvalue weighted by Gasteiger charge is -2.15. The van der Waals surface area contributed by atoms with Crippen LogP contribution in [0.15, 0.2) is 24.3 Å². The van der Waals surface area contributed by atoms with Crippen molar-refractivity contribution in [3.63, 3.8) is 0 Å². The smallest absolute Gasteiger partial charge is 0.0144 e. The number of fused-ring (bicyclic) bond motifs is 1. The van der Waals surface area contributed by atoms with E-state index in [0.717, 1.165) is 0 Å². The molecule has 0 bridgehead atoms. The second-order valence-corrected chi connectivity index (χ2v) is 5.11. The van der Waals surface area contributed by atoms with Crippen molar-refractivity contribution in [3.05, 3.63) is 46.5 Å². The third kappa shape index (κ3) is 1.73. The van der Waals surface area contributed by atoms with Crippen LogP contribution in [0.25, 0.3) is 10.8 Å². The molecular weight excluding hydrogens is 192 g/mol. The quantitative estimate of drug-likeness (QED) is 0.631. The van der Waals surface area contributed by atoms with E-state index in [1.54, 1.807) is 0 Å². The van der Waals surface area contributed by atoms with Gasteiger partial charge in [0.1, 0.15) is 0 Å². The van der Waals surface area contributed by atoms with Gasteiger partial charge in [-0.15, -0.1) is 0 Å². The Hall–Kier alpha value is -1.30. The molecule has 0 saturated heterocycles. The molecule has 0 unspecified atom stereocenters. The van der Waals surface area contributed by atoms with E-state index in [4.69, 9.17) is 0 Å². The number of hydrogen-bond donors (Lipinski definition) is 0. The fourth-order valence-electron chi connectivity index (χ4n) is 2.33. The van der Waals surface area contributed by atoms with Crippen LogP contribution in [0.4, 0.5) is 0 Å². The molecule has 0 aliphatic rings. The second-order valence-electron chi connectivity index (χ2n) is 5.11. The maximum Gasteiger partial charge on any atom is -0.0144 e. The van der Waals surface area contributed by atoms with Crippen molar-refractivity contribution < 1.29 is 0 Å². The predicted molar refractivity (Wildman–Crippen MR) is 72.2 cm³/mol. The maximum atomic E-state index is 2.35. The Morgan fingerprint density at radius 1 is 0.875 bits per heavy atom. The molecule has 0 N–H and O–H groups in total. The summed E-state index contributed by atoms with van der Waals surface area (Å²) in [7, 11) is 0. The van der Waals surface area contributed by atoms with Gasteiger partial charge in [0.25, 0.3) is 0 Å². The van der Waals surface area contributed by atoms with Crippen LogP contribution in [0, 0.1) is 20.8 Å². The third-order valence-corrected chi connectivity index (χ3v) is 3.48. The van der Waals surface area contributed by atoms with Crippen molar-refractivity contribution in [2.24, 2.45) is 0 Å². The lowest BCUT2D eigenvalue weighted by Crippen LogP contribution is -1.94. The van der Waals surface area contributed by atoms with Crippen molar-refractivity contribution in [1.29, 1.82) is 0 Å². The molecule has 0 heteroatoms. The Morgan fingerprint density at radius 2 is 1.56 bits per heavy atom. The normalized spacial score (nSPS) is 11.4. The topological polar surface area (TPSA) is 0 Å². The fourth-order valence-corrected chi connectivity index (χ4v) is 2.33. The lowest BCUT2D eigenvalue weighted by atomic mass is 9.90. The van der Waals surface area contributed by atoms with E-state index in [1.807, 2.05) is 0 Å². The average Bonchev–Trinajstić information content (AvgIpc) is 2.22. The molecular formula is C16H20. The van der Waals surface area contributed by atoms with Gasteiger partial charge in [-0.25, -0.2) is 0 Å². The molecule has 0 aliphatic heterocycles. The SMILES string of the molecule is Cc1ccc2c(C)c(C)cc(C(C)C)c2c1. The van der Waals surface area contributed by atoms with E-state index >= 15 is 0 Å². The largest absolute Gasteiger partial charge is 0.0587 e. The first-order valence-electron chi connectivity index (χ1n) is 6.01. The Labute approximate surface area is 98.3 Å². The van der Waals surface area contributed by atoms with Crippen LogP contribution >= 0.6 is 0 Å². The standard InChI is InChI=1S/C16H20/c1-10(2)15-9-12(4)13(5)14-7-6-11(3)8-16(14)15/h6-10H,1-5H3. The summed E-state index contributed by atoms with van der Waals surface area (Å²) >= 11 is 0. The van der Waals surface area contributed by atoms with Gasteiger partial charge in [0.05, 0.1) is 0 Å². The van der Waals surface area contributed by atoms with E-state index in [2.05, 4.69) is 58.9 Å². The van der Waals surface area contributed by atoms with Gasteiger partial charge < -0.3 is 0 Å². The first-order valence-corrected chi connectivity index (χ1v) is 6.01. The van der Waals surface area contributed by atoms with Crippen LogP contribution in [-0.2, 0) is 0 Å². The van der Waals surface area contributed by atoms with E-state index < -0.39 is 0 Å². The number of hydrogen-bond acceptors (Lipinski definition) is 0. The van der Waals surface area contributed by atoms with Crippen molar-refractivity contribution in [2.45, 2.75) is 40.5 Å². The van der Waals surface area contributed by atoms with Crippen molar-refractivity contribution in [2.75, 3.05) is 0 Å². The Balaban J connectivity index is 2.90. The summed E-state index contributed by atoms with van der Waals surface area (Å²) in [6.07, 6.45) is 0. The fraction of sp³-hybridized carbons (Fsp3) is 0.375. The van der Waals surface area contributed by atoms with Gasteiger partial charge in [0.2, 0.25) is 0 Å². The summed E-state index contributed by atoms with van der Waals surface area (Å²) in [6.45, 7) is 11.1. The van der Waals surface area contributed by atoms with Crippen LogP contribution in [0.3, 0.4) is 0 Å². The van der Waals surface area contributed by atoms with Gasteiger partial charge in [0.15, 0.2) is 0 Å². The zero-order valence-electron chi connectivity index (χ0n) is 10.9. The molecule has 84 valence electrons. The number of rotatable bonds is 1. The van der Waals surface area contributed by atoms with Gasteiger partial charge in [-0.2, -0.15) is 0 Å². The molecule has 0 aliphatic carbocycles. The van der Waals surface area contributed by atoms with Crippen molar-refractivity contribution in [3.8, 4) is 0 Å². The van der Waals surface area contributed by atoms with Gasteiger partial charge in [-0.1, -0.05) is 43.7 Å². The van der Waals surface area contributed by atoms with Gasteiger partial charge >= 0.3 is 0 Å². The highest BCUT2D eigenvalue weighted by Crippen LogP contribution is 2.30. The van der Waals surface area contributed by atoms with Gasteiger partial charge in [-0.3, -0.25) is 0 Å². The summed E-state index contributed by atoms with van der Waals surface area (Å²) in [5.41, 5.74) is 5.64. The Kier molecular flexibility index (Phi) is 2.75. The van der Waals surface area contributed by atoms with Gasteiger partial charge in [0, 0.05) is 0 Å². The van der Waals surface area contributed by atoms with Crippen molar-refractivity contribution >= 4 is 10.8 Å². The number of aryl methyl sites for hydroxylation is 3. The molecule has 0 saturated carbocycles. The summed E-state index contributed by atoms with van der Waals surface area (Å²) in [5.74, 6) is 0.587. The molecule has 0 amide bonds. The molecule has 2 rings (SSSR count). The zero-order valence-corrected chi connectivity index (χ0v) is 10.9. The first kappa shape index (κ1) is 11.2. The predicted octanol–water partition coefficient (Wildman–Crippen LogP) is 4.89. The monoisotopic (exact) mass is 212 g/mol. The Morgan fingerprint density at radius 3 is 2.19 bits per heavy atom. The first-order chi connectivity index (χ1) is 7.50. The summed E-state index contributed by atoms with van der Waals surface area (Å²) < 4.78 is 0.